The highest BCUT2D eigenvalue weighted by Crippen LogP contribution is 2.38. The van der Waals surface area contributed by atoms with E-state index in [4.69, 9.17) is 20.2 Å². The summed E-state index contributed by atoms with van der Waals surface area (Å²) in [5, 5.41) is 5.25. The average molecular weight is 527 g/mol. The number of likely N-dealkylation sites (tertiary alicyclic amines) is 1. The van der Waals surface area contributed by atoms with Crippen molar-refractivity contribution in [2.24, 2.45) is 0 Å². The molecule has 1 saturated heterocycles. The van der Waals surface area contributed by atoms with Crippen molar-refractivity contribution in [1.82, 2.24) is 19.9 Å². The molecule has 39 heavy (non-hydrogen) atoms. The number of carbonyl (C=O) groups is 1. The fourth-order valence-corrected chi connectivity index (χ4v) is 4.71. The monoisotopic (exact) mass is 526 g/mol. The highest BCUT2D eigenvalue weighted by Gasteiger charge is 2.28. The number of rotatable bonds is 5. The number of nitrogens with two attached hydrogens (primary N) is 1. The fourth-order valence-electron chi connectivity index (χ4n) is 4.71. The van der Waals surface area contributed by atoms with Gasteiger partial charge in [-0.25, -0.2) is 19.7 Å². The maximum absolute atomic E-state index is 12.6. The fraction of sp³-hybridized carbons (Fsp3) is 0.333. The minimum absolute atomic E-state index is 0.00919. The summed E-state index contributed by atoms with van der Waals surface area (Å²) in [6.07, 6.45) is 4.87. The van der Waals surface area contributed by atoms with E-state index >= 15 is 0 Å². The van der Waals surface area contributed by atoms with Gasteiger partial charge >= 0.3 is 6.09 Å². The van der Waals surface area contributed by atoms with Gasteiger partial charge in [0.15, 0.2) is 0 Å². The van der Waals surface area contributed by atoms with Crippen LogP contribution in [0.5, 0.6) is 11.6 Å². The number of aryl methyl sites for hydroxylation is 1. The van der Waals surface area contributed by atoms with E-state index in [9.17, 15) is 4.79 Å². The van der Waals surface area contributed by atoms with E-state index in [2.05, 4.69) is 15.3 Å². The van der Waals surface area contributed by atoms with Crippen molar-refractivity contribution < 1.29 is 14.3 Å². The van der Waals surface area contributed by atoms with Crippen LogP contribution in [0, 0.1) is 6.92 Å². The molecule has 1 atom stereocenters. The molecule has 3 N–H and O–H groups in total. The molecule has 9 heteroatoms. The van der Waals surface area contributed by atoms with Gasteiger partial charge in [-0.15, -0.1) is 0 Å². The Balaban J connectivity index is 1.38. The molecule has 2 aromatic heterocycles. The third-order valence-electron chi connectivity index (χ3n) is 6.55. The van der Waals surface area contributed by atoms with Gasteiger partial charge in [0.1, 0.15) is 11.4 Å². The van der Waals surface area contributed by atoms with Crippen LogP contribution in [0.25, 0.3) is 22.0 Å². The lowest BCUT2D eigenvalue weighted by Gasteiger charge is -2.34. The predicted molar refractivity (Wildman–Crippen MR) is 153 cm³/mol. The number of nitrogens with one attached hydrogen (secondary N) is 1. The summed E-state index contributed by atoms with van der Waals surface area (Å²) in [6, 6.07) is 15.4. The first kappa shape index (κ1) is 26.2. The van der Waals surface area contributed by atoms with Gasteiger partial charge in [0.2, 0.25) is 11.8 Å². The van der Waals surface area contributed by atoms with Crippen molar-refractivity contribution in [2.45, 2.75) is 52.2 Å². The van der Waals surface area contributed by atoms with Crippen LogP contribution in [-0.4, -0.2) is 50.7 Å². The van der Waals surface area contributed by atoms with Crippen molar-refractivity contribution >= 4 is 28.5 Å². The van der Waals surface area contributed by atoms with E-state index in [1.54, 1.807) is 17.3 Å². The summed E-state index contributed by atoms with van der Waals surface area (Å²) in [5.74, 6) is 1.62. The Labute approximate surface area is 228 Å². The van der Waals surface area contributed by atoms with Crippen LogP contribution in [0.15, 0.2) is 60.9 Å². The number of fused-ring (bicyclic) bond motifs is 1. The first-order valence-corrected chi connectivity index (χ1v) is 13.2. The number of amides is 1. The van der Waals surface area contributed by atoms with Crippen LogP contribution >= 0.6 is 0 Å². The molecule has 5 rings (SSSR count). The van der Waals surface area contributed by atoms with E-state index in [1.165, 1.54) is 0 Å². The summed E-state index contributed by atoms with van der Waals surface area (Å²) >= 11 is 0. The van der Waals surface area contributed by atoms with E-state index in [-0.39, 0.29) is 12.1 Å². The molecule has 1 aliphatic heterocycles. The van der Waals surface area contributed by atoms with Crippen LogP contribution in [-0.2, 0) is 4.74 Å². The zero-order chi connectivity index (χ0) is 27.6. The molecule has 202 valence electrons. The number of hydrogen-bond donors (Lipinski definition) is 2. The van der Waals surface area contributed by atoms with E-state index < -0.39 is 5.60 Å². The Morgan fingerprint density at radius 1 is 1.05 bits per heavy atom. The molecule has 0 aliphatic carbocycles. The number of benzene rings is 2. The molecule has 0 spiro atoms. The molecule has 0 radical (unpaired) electrons. The number of carbonyl (C=O) groups excluding carboxylic acids is 1. The Morgan fingerprint density at radius 3 is 2.72 bits per heavy atom. The lowest BCUT2D eigenvalue weighted by Crippen LogP contribution is -2.47. The molecule has 1 fully saturated rings. The van der Waals surface area contributed by atoms with Gasteiger partial charge in [0.25, 0.3) is 0 Å². The summed E-state index contributed by atoms with van der Waals surface area (Å²) in [6.45, 7) is 8.81. The molecule has 0 bridgehead atoms. The third-order valence-corrected chi connectivity index (χ3v) is 6.55. The molecular formula is C30H34N6O3. The molecule has 0 saturated carbocycles. The topological polar surface area (TPSA) is 115 Å². The smallest absolute Gasteiger partial charge is 0.410 e. The normalized spacial score (nSPS) is 15.7. The minimum Gasteiger partial charge on any atom is -0.444 e. The second-order valence-electron chi connectivity index (χ2n) is 10.8. The number of nitrogens with zero attached hydrogens (tertiary/aromatic N) is 4. The largest absolute Gasteiger partial charge is 0.444 e. The molecule has 1 unspecified atom stereocenters. The van der Waals surface area contributed by atoms with Crippen molar-refractivity contribution in [3.05, 3.63) is 66.5 Å². The first-order chi connectivity index (χ1) is 18.7. The lowest BCUT2D eigenvalue weighted by atomic mass is 10.0. The van der Waals surface area contributed by atoms with E-state index in [0.717, 1.165) is 34.7 Å². The molecule has 2 aromatic carbocycles. The second kappa shape index (κ2) is 10.8. The second-order valence-corrected chi connectivity index (χ2v) is 10.8. The van der Waals surface area contributed by atoms with Gasteiger partial charge in [0.05, 0.1) is 11.3 Å². The number of nitrogen functional groups attached to an aromatic ring is 1. The summed E-state index contributed by atoms with van der Waals surface area (Å²) in [4.78, 5) is 28.1. The maximum Gasteiger partial charge on any atom is 0.410 e. The molecule has 9 nitrogen and oxygen atoms in total. The number of anilines is 2. The molecular weight excluding hydrogens is 492 g/mol. The molecule has 4 aromatic rings. The van der Waals surface area contributed by atoms with Crippen molar-refractivity contribution in [2.75, 3.05) is 24.1 Å². The molecule has 1 amide bonds. The van der Waals surface area contributed by atoms with E-state index in [1.807, 2.05) is 76.2 Å². The van der Waals surface area contributed by atoms with Crippen LogP contribution in [0.3, 0.4) is 0 Å². The third kappa shape index (κ3) is 6.03. The van der Waals surface area contributed by atoms with Gasteiger partial charge in [-0.05, 0) is 70.4 Å². The average Bonchev–Trinajstić information content (AvgIpc) is 2.90. The highest BCUT2D eigenvalue weighted by atomic mass is 16.6. The number of piperidine rings is 1. The Hall–Kier alpha value is -4.40. The van der Waals surface area contributed by atoms with Crippen molar-refractivity contribution in [1.29, 1.82) is 0 Å². The standard InChI is InChI=1S/C30H34N6O3/c1-19-12-13-21-22(9-5-11-24(21)31)26(19)38-27-23(10-6-15-32-27)25-14-16-33-28(35-25)34-20-8-7-17-36(18-20)29(37)39-30(2,3)4/h5-6,9-16,20H,7-8,17-18,31H2,1-4H3,(H,33,34,35). The van der Waals surface area contributed by atoms with E-state index in [0.29, 0.717) is 42.0 Å². The predicted octanol–water partition coefficient (Wildman–Crippen LogP) is 6.19. The van der Waals surface area contributed by atoms with Gasteiger partial charge < -0.3 is 25.4 Å². The SMILES string of the molecule is Cc1ccc2c(N)cccc2c1Oc1ncccc1-c1ccnc(NC2CCCN(C(=O)OC(C)(C)C)C2)n1. The number of hydrogen-bond acceptors (Lipinski definition) is 8. The summed E-state index contributed by atoms with van der Waals surface area (Å²) in [7, 11) is 0. The number of pyridine rings is 1. The number of aromatic nitrogens is 3. The van der Waals surface area contributed by atoms with Crippen LogP contribution in [0.2, 0.25) is 0 Å². The van der Waals surface area contributed by atoms with Crippen molar-refractivity contribution in [3.8, 4) is 22.9 Å². The maximum atomic E-state index is 12.6. The van der Waals surface area contributed by atoms with Crippen LogP contribution in [0.4, 0.5) is 16.4 Å². The van der Waals surface area contributed by atoms with Crippen molar-refractivity contribution in [3.63, 3.8) is 0 Å². The van der Waals surface area contributed by atoms with Gasteiger partial charge in [0, 0.05) is 48.0 Å². The van der Waals surface area contributed by atoms with Gasteiger partial charge in [-0.1, -0.05) is 24.3 Å². The first-order valence-electron chi connectivity index (χ1n) is 13.2. The number of ether oxygens (including phenoxy) is 2. The minimum atomic E-state index is -0.532. The summed E-state index contributed by atoms with van der Waals surface area (Å²) in [5.41, 5.74) is 8.76. The van der Waals surface area contributed by atoms with Gasteiger partial charge in [-0.2, -0.15) is 0 Å². The molecule has 1 aliphatic rings. The zero-order valence-corrected chi connectivity index (χ0v) is 22.8. The Bertz CT molecular complexity index is 1500. The Kier molecular flexibility index (Phi) is 7.24. The summed E-state index contributed by atoms with van der Waals surface area (Å²) < 4.78 is 12.0. The quantitative estimate of drug-likeness (QED) is 0.296. The molecule has 3 heterocycles. The highest BCUT2D eigenvalue weighted by molar-refractivity contribution is 5.97. The zero-order valence-electron chi connectivity index (χ0n) is 22.8. The van der Waals surface area contributed by atoms with Crippen LogP contribution < -0.4 is 15.8 Å². The van der Waals surface area contributed by atoms with Gasteiger partial charge in [-0.3, -0.25) is 0 Å². The lowest BCUT2D eigenvalue weighted by molar-refractivity contribution is 0.0206. The Morgan fingerprint density at radius 2 is 1.90 bits per heavy atom. The van der Waals surface area contributed by atoms with Crippen LogP contribution in [0.1, 0.15) is 39.2 Å².